The van der Waals surface area contributed by atoms with Crippen LogP contribution in [0.2, 0.25) is 0 Å². The van der Waals surface area contributed by atoms with Crippen molar-refractivity contribution in [3.63, 3.8) is 0 Å². The van der Waals surface area contributed by atoms with Crippen LogP contribution in [0.25, 0.3) is 0 Å². The Hall–Kier alpha value is -1.35. The van der Waals surface area contributed by atoms with Gasteiger partial charge < -0.3 is 10.6 Å². The summed E-state index contributed by atoms with van der Waals surface area (Å²) in [5, 5.41) is 6.40. The summed E-state index contributed by atoms with van der Waals surface area (Å²) >= 11 is 0. The van der Waals surface area contributed by atoms with Gasteiger partial charge in [0, 0.05) is 12.6 Å². The van der Waals surface area contributed by atoms with Gasteiger partial charge in [-0.25, -0.2) is 0 Å². The molecule has 1 saturated heterocycles. The molecule has 2 N–H and O–H groups in total. The molecule has 18 heavy (non-hydrogen) atoms. The van der Waals surface area contributed by atoms with E-state index in [4.69, 9.17) is 0 Å². The number of rotatable bonds is 4. The highest BCUT2D eigenvalue weighted by molar-refractivity contribution is 5.78. The van der Waals surface area contributed by atoms with E-state index in [2.05, 4.69) is 41.8 Å². The molecule has 1 aromatic rings. The fraction of sp³-hybridized carbons (Fsp3) is 0.533. The van der Waals surface area contributed by atoms with Crippen molar-refractivity contribution in [2.75, 3.05) is 13.1 Å². The summed E-state index contributed by atoms with van der Waals surface area (Å²) in [5.74, 6) is 0.132. The maximum Gasteiger partial charge on any atom is 0.224 e. The maximum absolute atomic E-state index is 11.9. The second-order valence-corrected chi connectivity index (χ2v) is 4.96. The topological polar surface area (TPSA) is 41.1 Å². The number of hydrogen-bond donors (Lipinski definition) is 2. The molecule has 0 unspecified atom stereocenters. The third kappa shape index (κ3) is 3.84. The van der Waals surface area contributed by atoms with Gasteiger partial charge in [0.1, 0.15) is 0 Å². The molecule has 0 radical (unpaired) electrons. The number of nitrogens with one attached hydrogen (secondary N) is 2. The first-order valence-electron chi connectivity index (χ1n) is 6.86. The Morgan fingerprint density at radius 1 is 1.33 bits per heavy atom. The Kier molecular flexibility index (Phi) is 4.76. The van der Waals surface area contributed by atoms with Crippen molar-refractivity contribution in [3.8, 4) is 0 Å². The molecule has 1 fully saturated rings. The van der Waals surface area contributed by atoms with Gasteiger partial charge in [-0.05, 0) is 36.9 Å². The van der Waals surface area contributed by atoms with E-state index in [9.17, 15) is 4.79 Å². The van der Waals surface area contributed by atoms with E-state index in [1.165, 1.54) is 5.56 Å². The first-order chi connectivity index (χ1) is 8.78. The highest BCUT2D eigenvalue weighted by atomic mass is 16.1. The lowest BCUT2D eigenvalue weighted by molar-refractivity contribution is -0.121. The Labute approximate surface area is 109 Å². The van der Waals surface area contributed by atoms with Crippen molar-refractivity contribution >= 4 is 5.91 Å². The van der Waals surface area contributed by atoms with Crippen molar-refractivity contribution in [1.29, 1.82) is 0 Å². The van der Waals surface area contributed by atoms with Gasteiger partial charge in [-0.1, -0.05) is 31.2 Å². The van der Waals surface area contributed by atoms with Crippen molar-refractivity contribution in [2.24, 2.45) is 0 Å². The molecule has 1 atom stereocenters. The van der Waals surface area contributed by atoms with Crippen LogP contribution in [0.4, 0.5) is 0 Å². The lowest BCUT2D eigenvalue weighted by Gasteiger charge is -2.23. The Morgan fingerprint density at radius 2 is 2.06 bits per heavy atom. The van der Waals surface area contributed by atoms with Crippen LogP contribution in [0.3, 0.4) is 0 Å². The number of carbonyl (C=O) groups excluding carboxylic acids is 1. The van der Waals surface area contributed by atoms with Crippen LogP contribution >= 0.6 is 0 Å². The van der Waals surface area contributed by atoms with Crippen molar-refractivity contribution in [1.82, 2.24) is 10.6 Å². The fourth-order valence-corrected chi connectivity index (χ4v) is 2.33. The molecule has 3 heteroatoms. The molecule has 1 heterocycles. The van der Waals surface area contributed by atoms with E-state index < -0.39 is 0 Å². The average Bonchev–Trinajstić information content (AvgIpc) is 2.40. The highest BCUT2D eigenvalue weighted by Crippen LogP contribution is 2.07. The number of aryl methyl sites for hydroxylation is 1. The average molecular weight is 246 g/mol. The summed E-state index contributed by atoms with van der Waals surface area (Å²) in [4.78, 5) is 11.9. The molecule has 3 nitrogen and oxygen atoms in total. The summed E-state index contributed by atoms with van der Waals surface area (Å²) in [6.45, 7) is 4.11. The lowest BCUT2D eigenvalue weighted by atomic mass is 10.1. The predicted octanol–water partition coefficient (Wildman–Crippen LogP) is 1.66. The first-order valence-corrected chi connectivity index (χ1v) is 6.86. The number of hydrogen-bond acceptors (Lipinski definition) is 2. The van der Waals surface area contributed by atoms with Crippen LogP contribution in [0.5, 0.6) is 0 Å². The first kappa shape index (κ1) is 13.1. The molecule has 1 aliphatic rings. The molecule has 1 aromatic carbocycles. The minimum Gasteiger partial charge on any atom is -0.352 e. The Morgan fingerprint density at radius 3 is 2.67 bits per heavy atom. The number of carbonyl (C=O) groups is 1. The van der Waals surface area contributed by atoms with Crippen molar-refractivity contribution in [2.45, 2.75) is 38.6 Å². The molecule has 2 rings (SSSR count). The fourth-order valence-electron chi connectivity index (χ4n) is 2.33. The van der Waals surface area contributed by atoms with Crippen LogP contribution in [0.15, 0.2) is 24.3 Å². The van der Waals surface area contributed by atoms with Gasteiger partial charge in [0.05, 0.1) is 6.42 Å². The summed E-state index contributed by atoms with van der Waals surface area (Å²) < 4.78 is 0. The summed E-state index contributed by atoms with van der Waals surface area (Å²) in [6, 6.07) is 8.62. The summed E-state index contributed by atoms with van der Waals surface area (Å²) in [5.41, 5.74) is 2.41. The zero-order valence-electron chi connectivity index (χ0n) is 11.0. The standard InChI is InChI=1S/C15H22N2O/c1-2-12-5-7-13(8-6-12)10-15(18)17-14-4-3-9-16-11-14/h5-8,14,16H,2-4,9-11H2,1H3,(H,17,18)/t14-/m0/s1. The van der Waals surface area contributed by atoms with E-state index in [0.29, 0.717) is 12.5 Å². The summed E-state index contributed by atoms with van der Waals surface area (Å²) in [6.07, 6.45) is 3.77. The molecule has 0 aromatic heterocycles. The van der Waals surface area contributed by atoms with Gasteiger partial charge in [0.2, 0.25) is 5.91 Å². The molecular formula is C15H22N2O. The van der Waals surface area contributed by atoms with Crippen LogP contribution in [0.1, 0.15) is 30.9 Å². The van der Waals surface area contributed by atoms with Crippen molar-refractivity contribution < 1.29 is 4.79 Å². The predicted molar refractivity (Wildman–Crippen MR) is 73.6 cm³/mol. The summed E-state index contributed by atoms with van der Waals surface area (Å²) in [7, 11) is 0. The molecule has 1 aliphatic heterocycles. The highest BCUT2D eigenvalue weighted by Gasteiger charge is 2.15. The number of benzene rings is 1. The van der Waals surface area contributed by atoms with Gasteiger partial charge in [0.25, 0.3) is 0 Å². The largest absolute Gasteiger partial charge is 0.352 e. The van der Waals surface area contributed by atoms with Crippen LogP contribution in [0, 0.1) is 0 Å². The molecule has 98 valence electrons. The van der Waals surface area contributed by atoms with E-state index >= 15 is 0 Å². The SMILES string of the molecule is CCc1ccc(CC(=O)N[C@H]2CCCNC2)cc1. The van der Waals surface area contributed by atoms with Gasteiger partial charge in [-0.3, -0.25) is 4.79 Å². The minimum atomic E-state index is 0.132. The molecule has 1 amide bonds. The number of amides is 1. The maximum atomic E-state index is 11.9. The third-order valence-corrected chi connectivity index (χ3v) is 3.46. The minimum absolute atomic E-state index is 0.132. The molecule has 0 saturated carbocycles. The quantitative estimate of drug-likeness (QED) is 0.848. The Balaban J connectivity index is 1.82. The third-order valence-electron chi connectivity index (χ3n) is 3.46. The van der Waals surface area contributed by atoms with E-state index in [1.807, 2.05) is 0 Å². The van der Waals surface area contributed by atoms with Crippen molar-refractivity contribution in [3.05, 3.63) is 35.4 Å². The second kappa shape index (κ2) is 6.55. The van der Waals surface area contributed by atoms with Gasteiger partial charge in [-0.15, -0.1) is 0 Å². The molecule has 0 bridgehead atoms. The second-order valence-electron chi connectivity index (χ2n) is 4.96. The van der Waals surface area contributed by atoms with Crippen LogP contribution < -0.4 is 10.6 Å². The van der Waals surface area contributed by atoms with Gasteiger partial charge >= 0.3 is 0 Å². The monoisotopic (exact) mass is 246 g/mol. The van der Waals surface area contributed by atoms with E-state index in [-0.39, 0.29) is 5.91 Å². The van der Waals surface area contributed by atoms with Gasteiger partial charge in [-0.2, -0.15) is 0 Å². The van der Waals surface area contributed by atoms with E-state index in [1.54, 1.807) is 0 Å². The zero-order valence-corrected chi connectivity index (χ0v) is 11.0. The number of piperidine rings is 1. The molecule has 0 aliphatic carbocycles. The Bertz CT molecular complexity index is 380. The van der Waals surface area contributed by atoms with Crippen LogP contribution in [-0.4, -0.2) is 25.0 Å². The van der Waals surface area contributed by atoms with E-state index in [0.717, 1.165) is 37.9 Å². The lowest BCUT2D eigenvalue weighted by Crippen LogP contribution is -2.46. The zero-order chi connectivity index (χ0) is 12.8. The van der Waals surface area contributed by atoms with Gasteiger partial charge in [0.15, 0.2) is 0 Å². The molecule has 0 spiro atoms. The smallest absolute Gasteiger partial charge is 0.224 e. The normalized spacial score (nSPS) is 19.5. The van der Waals surface area contributed by atoms with Crippen LogP contribution in [-0.2, 0) is 17.6 Å². The molecular weight excluding hydrogens is 224 g/mol.